The topological polar surface area (TPSA) is 136 Å². The van der Waals surface area contributed by atoms with E-state index < -0.39 is 52.0 Å². The summed E-state index contributed by atoms with van der Waals surface area (Å²) in [6.45, 7) is 13.1. The highest BCUT2D eigenvalue weighted by Crippen LogP contribution is 2.49. The van der Waals surface area contributed by atoms with Gasteiger partial charge in [0.2, 0.25) is 13.6 Å². The van der Waals surface area contributed by atoms with Gasteiger partial charge in [0.25, 0.3) is 0 Å². The monoisotopic (exact) mass is 610 g/mol. The molecule has 0 radical (unpaired) electrons. The van der Waals surface area contributed by atoms with Crippen LogP contribution >= 0.6 is 7.60 Å². The van der Waals surface area contributed by atoms with E-state index in [2.05, 4.69) is 0 Å². The third kappa shape index (κ3) is 11.9. The molecule has 0 unspecified atom stereocenters. The number of rotatable bonds is 14. The maximum atomic E-state index is 13.4. The summed E-state index contributed by atoms with van der Waals surface area (Å²) in [5.74, 6) is 0.899. The molecule has 0 fully saturated rings. The zero-order chi connectivity index (χ0) is 31.4. The van der Waals surface area contributed by atoms with E-state index in [0.29, 0.717) is 18.6 Å². The number of ether oxygens (including phenoxy) is 5. The van der Waals surface area contributed by atoms with Crippen LogP contribution in [0.4, 0.5) is 9.59 Å². The molecule has 0 amide bonds. The van der Waals surface area contributed by atoms with Crippen LogP contribution in [0.5, 0.6) is 5.75 Å². The Morgan fingerprint density at radius 2 is 1.50 bits per heavy atom. The van der Waals surface area contributed by atoms with Gasteiger partial charge in [-0.3, -0.25) is 13.6 Å². The molecule has 234 valence electrons. The number of hydrogen-bond acceptors (Lipinski definition) is 11. The summed E-state index contributed by atoms with van der Waals surface area (Å²) in [6.07, 6.45) is 1.49. The van der Waals surface area contributed by atoms with Crippen LogP contribution in [0.2, 0.25) is 0 Å². The summed E-state index contributed by atoms with van der Waals surface area (Å²) in [7, 11) is -4.10. The van der Waals surface area contributed by atoms with Crippen molar-refractivity contribution in [2.24, 2.45) is 0 Å². The number of phenolic OH excluding ortho intramolecular Hbond substituents is 1. The predicted molar refractivity (Wildman–Crippen MR) is 156 cm³/mol. The Morgan fingerprint density at radius 1 is 0.929 bits per heavy atom. The Bertz CT molecular complexity index is 1200. The first-order valence-corrected chi connectivity index (χ1v) is 15.5. The number of aromatic hydroxyl groups is 1. The molecule has 0 saturated carbocycles. The molecule has 11 nitrogen and oxygen atoms in total. The molecule has 0 aromatic heterocycles. The summed E-state index contributed by atoms with van der Waals surface area (Å²) in [4.78, 5) is 23.4. The molecule has 42 heavy (non-hydrogen) atoms. The predicted octanol–water partition coefficient (Wildman–Crippen LogP) is 7.85. The zero-order valence-electron chi connectivity index (χ0n) is 25.6. The van der Waals surface area contributed by atoms with E-state index in [-0.39, 0.29) is 11.7 Å². The van der Waals surface area contributed by atoms with Gasteiger partial charge in [0, 0.05) is 0 Å². The second-order valence-electron chi connectivity index (χ2n) is 10.6. The lowest BCUT2D eigenvalue weighted by atomic mass is 9.92. The van der Waals surface area contributed by atoms with Crippen molar-refractivity contribution in [2.75, 3.05) is 19.9 Å². The van der Waals surface area contributed by atoms with Gasteiger partial charge in [-0.25, -0.2) is 9.59 Å². The van der Waals surface area contributed by atoms with E-state index in [1.54, 1.807) is 33.8 Å². The van der Waals surface area contributed by atoms with E-state index in [1.165, 1.54) is 0 Å². The second kappa shape index (κ2) is 16.4. The number of carbonyl (C=O) groups excluding carboxylic acids is 2. The van der Waals surface area contributed by atoms with Crippen LogP contribution in [0.15, 0.2) is 52.8 Å². The number of allylic oxidation sites excluding steroid dienone is 5. The molecular formula is C30H43O11P. The van der Waals surface area contributed by atoms with Gasteiger partial charge in [0.1, 0.15) is 11.5 Å². The zero-order valence-corrected chi connectivity index (χ0v) is 26.5. The number of benzene rings is 1. The number of hydrogen-bond donors (Lipinski definition) is 1. The molecular weight excluding hydrogens is 567 g/mol. The molecule has 0 bridgehead atoms. The minimum Gasteiger partial charge on any atom is -0.508 e. The molecule has 0 heterocycles. The lowest BCUT2D eigenvalue weighted by molar-refractivity contribution is -0.0330. The standard InChI is InChI=1S/C30H43O11P/c1-19(2)26-14-24(10-12-28(26)31)15-27-22(7)9-11-25(13-23(27)8)37-18-42(34,38-16-35-29(32)40-20(3)4)39-17-36-30(33)41-21(5)6/h10-14,19-21,31H,9,15-18H2,1-8H3. The van der Waals surface area contributed by atoms with Gasteiger partial charge in [-0.1, -0.05) is 31.6 Å². The lowest BCUT2D eigenvalue weighted by Gasteiger charge is -2.19. The van der Waals surface area contributed by atoms with Gasteiger partial charge in [-0.05, 0) is 101 Å². The Morgan fingerprint density at radius 3 is 2.02 bits per heavy atom. The van der Waals surface area contributed by atoms with E-state index in [9.17, 15) is 19.3 Å². The average Bonchev–Trinajstić information content (AvgIpc) is 3.01. The van der Waals surface area contributed by atoms with Crippen LogP contribution in [0.25, 0.3) is 0 Å². The van der Waals surface area contributed by atoms with Gasteiger partial charge < -0.3 is 28.8 Å². The fourth-order valence-electron chi connectivity index (χ4n) is 3.87. The molecule has 1 aliphatic carbocycles. The van der Waals surface area contributed by atoms with E-state index >= 15 is 0 Å². The van der Waals surface area contributed by atoms with Crippen LogP contribution in [-0.2, 0) is 43.7 Å². The Hall–Kier alpha value is -3.27. The lowest BCUT2D eigenvalue weighted by Crippen LogP contribution is -2.17. The van der Waals surface area contributed by atoms with Crippen LogP contribution in [-0.4, -0.2) is 49.6 Å². The molecule has 1 aromatic rings. The highest BCUT2D eigenvalue weighted by Gasteiger charge is 2.29. The fourth-order valence-corrected chi connectivity index (χ4v) is 4.83. The average molecular weight is 611 g/mol. The van der Waals surface area contributed by atoms with E-state index in [0.717, 1.165) is 27.8 Å². The minimum absolute atomic E-state index is 0.185. The number of phenols is 1. The first-order valence-electron chi connectivity index (χ1n) is 13.8. The van der Waals surface area contributed by atoms with Gasteiger partial charge in [0.15, 0.2) is 6.35 Å². The van der Waals surface area contributed by atoms with Crippen LogP contribution < -0.4 is 0 Å². The highest BCUT2D eigenvalue weighted by molar-refractivity contribution is 7.53. The molecule has 0 aliphatic heterocycles. The van der Waals surface area contributed by atoms with Crippen LogP contribution in [0.1, 0.15) is 78.9 Å². The van der Waals surface area contributed by atoms with E-state index in [4.69, 9.17) is 32.7 Å². The van der Waals surface area contributed by atoms with Crippen molar-refractivity contribution < 1.29 is 52.0 Å². The van der Waals surface area contributed by atoms with Crippen molar-refractivity contribution in [3.05, 3.63) is 64.0 Å². The fraction of sp³-hybridized carbons (Fsp3) is 0.533. The first kappa shape index (κ1) is 34.9. The van der Waals surface area contributed by atoms with Gasteiger partial charge in [-0.15, -0.1) is 0 Å². The Kier molecular flexibility index (Phi) is 13.6. The normalized spacial score (nSPS) is 14.0. The molecule has 1 N–H and O–H groups in total. The largest absolute Gasteiger partial charge is 0.510 e. The third-order valence-corrected chi connectivity index (χ3v) is 7.40. The molecule has 2 rings (SSSR count). The molecule has 1 aliphatic rings. The van der Waals surface area contributed by atoms with Crippen molar-refractivity contribution in [2.45, 2.75) is 86.4 Å². The number of carbonyl (C=O) groups is 2. The van der Waals surface area contributed by atoms with Crippen LogP contribution in [0, 0.1) is 0 Å². The molecule has 1 aromatic carbocycles. The smallest absolute Gasteiger partial charge is 0.508 e. The molecule has 0 saturated heterocycles. The summed E-state index contributed by atoms with van der Waals surface area (Å²) < 4.78 is 49.0. The first-order chi connectivity index (χ1) is 19.7. The van der Waals surface area contributed by atoms with Crippen molar-refractivity contribution in [1.82, 2.24) is 0 Å². The molecule has 12 heteroatoms. The summed E-state index contributed by atoms with van der Waals surface area (Å²) in [5.41, 5.74) is 5.16. The molecule has 0 spiro atoms. The van der Waals surface area contributed by atoms with Gasteiger partial charge >= 0.3 is 19.9 Å². The molecule has 0 atom stereocenters. The second-order valence-corrected chi connectivity index (χ2v) is 12.6. The maximum Gasteiger partial charge on any atom is 0.510 e. The van der Waals surface area contributed by atoms with Gasteiger partial charge in [-0.2, -0.15) is 0 Å². The highest BCUT2D eigenvalue weighted by atomic mass is 31.2. The summed E-state index contributed by atoms with van der Waals surface area (Å²) in [6, 6.07) is 5.65. The maximum absolute atomic E-state index is 13.4. The SMILES string of the molecule is CC1=CC(OCP(=O)(OCOC(=O)OC(C)C)OCOC(=O)OC(C)C)=CCC(C)=C1Cc1ccc(O)c(C(C)C)c1. The van der Waals surface area contributed by atoms with Crippen molar-refractivity contribution >= 4 is 19.9 Å². The third-order valence-electron chi connectivity index (χ3n) is 5.96. The van der Waals surface area contributed by atoms with Crippen LogP contribution in [0.3, 0.4) is 0 Å². The summed E-state index contributed by atoms with van der Waals surface area (Å²) >= 11 is 0. The van der Waals surface area contributed by atoms with Gasteiger partial charge in [0.05, 0.1) is 12.2 Å². The quantitative estimate of drug-likeness (QED) is 0.125. The Labute approximate surface area is 247 Å². The van der Waals surface area contributed by atoms with Crippen molar-refractivity contribution in [3.8, 4) is 5.75 Å². The van der Waals surface area contributed by atoms with Crippen molar-refractivity contribution in [3.63, 3.8) is 0 Å². The minimum atomic E-state index is -4.10. The Balaban J connectivity index is 2.11. The van der Waals surface area contributed by atoms with E-state index in [1.807, 2.05) is 52.0 Å². The van der Waals surface area contributed by atoms with Crippen molar-refractivity contribution in [1.29, 1.82) is 0 Å². The summed E-state index contributed by atoms with van der Waals surface area (Å²) in [5, 5.41) is 10.2.